The van der Waals surface area contributed by atoms with E-state index in [2.05, 4.69) is 10.3 Å². The molecule has 0 bridgehead atoms. The highest BCUT2D eigenvalue weighted by Gasteiger charge is 2.29. The molecule has 0 atom stereocenters. The van der Waals surface area contributed by atoms with Gasteiger partial charge in [0, 0.05) is 18.2 Å². The molecule has 1 aliphatic rings. The van der Waals surface area contributed by atoms with E-state index in [-0.39, 0.29) is 5.69 Å². The minimum Gasteiger partial charge on any atom is -0.317 e. The summed E-state index contributed by atoms with van der Waals surface area (Å²) in [5.41, 5.74) is -0.0824. The summed E-state index contributed by atoms with van der Waals surface area (Å²) < 4.78 is 25.9. The topological polar surface area (TPSA) is 24.9 Å². The van der Waals surface area contributed by atoms with E-state index >= 15 is 0 Å². The summed E-state index contributed by atoms with van der Waals surface area (Å²) in [5, 5.41) is 5.60. The quantitative estimate of drug-likeness (QED) is 0.848. The maximum absolute atomic E-state index is 13.0. The van der Waals surface area contributed by atoms with Crippen molar-refractivity contribution in [2.24, 2.45) is 0 Å². The SMILES string of the molecule is CC(F)(F)c1csc(C2CCNCC2)n1. The molecule has 2 heterocycles. The second-order valence-corrected chi connectivity index (χ2v) is 4.87. The largest absolute Gasteiger partial charge is 0.317 e. The van der Waals surface area contributed by atoms with Gasteiger partial charge in [-0.1, -0.05) is 0 Å². The summed E-state index contributed by atoms with van der Waals surface area (Å²) in [6.45, 7) is 2.82. The van der Waals surface area contributed by atoms with Crippen LogP contribution in [0.4, 0.5) is 8.78 Å². The van der Waals surface area contributed by atoms with Gasteiger partial charge >= 0.3 is 0 Å². The molecule has 1 aliphatic heterocycles. The van der Waals surface area contributed by atoms with Gasteiger partial charge in [0.25, 0.3) is 5.92 Å². The van der Waals surface area contributed by atoms with Crippen LogP contribution < -0.4 is 5.32 Å². The van der Waals surface area contributed by atoms with Gasteiger partial charge in [0.1, 0.15) is 5.69 Å². The molecule has 15 heavy (non-hydrogen) atoms. The van der Waals surface area contributed by atoms with Crippen LogP contribution in [0, 0.1) is 0 Å². The molecule has 0 amide bonds. The average Bonchev–Trinajstić information content (AvgIpc) is 2.67. The second-order valence-electron chi connectivity index (χ2n) is 3.98. The maximum atomic E-state index is 13.0. The van der Waals surface area contributed by atoms with Crippen LogP contribution in [-0.4, -0.2) is 18.1 Å². The number of thiazole rings is 1. The molecular weight excluding hydrogens is 218 g/mol. The Bertz CT molecular complexity index is 326. The first-order valence-corrected chi connectivity index (χ1v) is 6.00. The van der Waals surface area contributed by atoms with Gasteiger partial charge in [-0.05, 0) is 25.9 Å². The lowest BCUT2D eigenvalue weighted by Gasteiger charge is -2.20. The van der Waals surface area contributed by atoms with Crippen LogP contribution in [0.1, 0.15) is 36.4 Å². The Hall–Kier alpha value is -0.550. The molecule has 1 aromatic rings. The zero-order valence-corrected chi connectivity index (χ0v) is 9.41. The summed E-state index contributed by atoms with van der Waals surface area (Å²) in [7, 11) is 0. The Labute approximate surface area is 91.7 Å². The van der Waals surface area contributed by atoms with Crippen LogP contribution in [0.5, 0.6) is 0 Å². The Balaban J connectivity index is 2.12. The molecule has 1 aromatic heterocycles. The van der Waals surface area contributed by atoms with Crippen molar-refractivity contribution in [2.45, 2.75) is 31.6 Å². The molecule has 1 N–H and O–H groups in total. The number of halogens is 2. The lowest BCUT2D eigenvalue weighted by atomic mass is 9.99. The zero-order chi connectivity index (χ0) is 10.9. The third kappa shape index (κ3) is 2.52. The van der Waals surface area contributed by atoms with Crippen molar-refractivity contribution >= 4 is 11.3 Å². The zero-order valence-electron chi connectivity index (χ0n) is 8.59. The van der Waals surface area contributed by atoms with Crippen LogP contribution in [0.2, 0.25) is 0 Å². The highest BCUT2D eigenvalue weighted by Crippen LogP contribution is 2.33. The highest BCUT2D eigenvalue weighted by atomic mass is 32.1. The van der Waals surface area contributed by atoms with Crippen LogP contribution in [0.25, 0.3) is 0 Å². The number of aromatic nitrogens is 1. The van der Waals surface area contributed by atoms with Crippen molar-refractivity contribution in [1.29, 1.82) is 0 Å². The minimum absolute atomic E-state index is 0.0824. The third-order valence-corrected chi connectivity index (χ3v) is 3.67. The number of nitrogens with zero attached hydrogens (tertiary/aromatic N) is 1. The van der Waals surface area contributed by atoms with Crippen molar-refractivity contribution in [2.75, 3.05) is 13.1 Å². The van der Waals surface area contributed by atoms with E-state index < -0.39 is 5.92 Å². The fourth-order valence-corrected chi connectivity index (χ4v) is 2.82. The molecule has 84 valence electrons. The second kappa shape index (κ2) is 4.14. The molecule has 2 nitrogen and oxygen atoms in total. The monoisotopic (exact) mass is 232 g/mol. The van der Waals surface area contributed by atoms with Crippen molar-refractivity contribution in [3.63, 3.8) is 0 Å². The molecule has 1 saturated heterocycles. The molecule has 0 aliphatic carbocycles. The van der Waals surface area contributed by atoms with Gasteiger partial charge in [-0.25, -0.2) is 4.98 Å². The van der Waals surface area contributed by atoms with Gasteiger partial charge < -0.3 is 5.32 Å². The van der Waals surface area contributed by atoms with E-state index in [9.17, 15) is 8.78 Å². The predicted octanol–water partition coefficient (Wildman–Crippen LogP) is 2.72. The number of hydrogen-bond donors (Lipinski definition) is 1. The van der Waals surface area contributed by atoms with E-state index in [0.29, 0.717) is 5.92 Å². The fraction of sp³-hybridized carbons (Fsp3) is 0.700. The van der Waals surface area contributed by atoms with Crippen molar-refractivity contribution in [1.82, 2.24) is 10.3 Å². The van der Waals surface area contributed by atoms with Gasteiger partial charge in [-0.2, -0.15) is 8.78 Å². The first kappa shape index (κ1) is 11.0. The van der Waals surface area contributed by atoms with Crippen LogP contribution in [0.3, 0.4) is 0 Å². The molecule has 0 saturated carbocycles. The number of rotatable bonds is 2. The third-order valence-electron chi connectivity index (χ3n) is 2.66. The molecule has 5 heteroatoms. The van der Waals surface area contributed by atoms with E-state index in [0.717, 1.165) is 37.9 Å². The van der Waals surface area contributed by atoms with Gasteiger partial charge in [0.15, 0.2) is 0 Å². The molecule has 0 spiro atoms. The lowest BCUT2D eigenvalue weighted by molar-refractivity contribution is 0.0132. The summed E-state index contributed by atoms with van der Waals surface area (Å²) in [4.78, 5) is 4.05. The predicted molar refractivity (Wildman–Crippen MR) is 56.5 cm³/mol. The summed E-state index contributed by atoms with van der Waals surface area (Å²) in [5.74, 6) is -2.44. The van der Waals surface area contributed by atoms with E-state index in [1.54, 1.807) is 0 Å². The standard InChI is InChI=1S/C10H14F2N2S/c1-10(11,12)8-6-15-9(14-8)7-2-4-13-5-3-7/h6-7,13H,2-5H2,1H3. The first-order valence-electron chi connectivity index (χ1n) is 5.12. The van der Waals surface area contributed by atoms with E-state index in [1.807, 2.05) is 0 Å². The summed E-state index contributed by atoms with van der Waals surface area (Å²) in [6.07, 6.45) is 2.00. The Morgan fingerprint density at radius 1 is 1.47 bits per heavy atom. The maximum Gasteiger partial charge on any atom is 0.287 e. The van der Waals surface area contributed by atoms with Gasteiger partial charge in [-0.15, -0.1) is 11.3 Å². The Kier molecular flexibility index (Phi) is 3.02. The highest BCUT2D eigenvalue weighted by molar-refractivity contribution is 7.09. The van der Waals surface area contributed by atoms with Gasteiger partial charge in [0.05, 0.1) is 5.01 Å². The van der Waals surface area contributed by atoms with E-state index in [1.165, 1.54) is 16.7 Å². The lowest BCUT2D eigenvalue weighted by Crippen LogP contribution is -2.26. The Morgan fingerprint density at radius 2 is 2.13 bits per heavy atom. The van der Waals surface area contributed by atoms with E-state index in [4.69, 9.17) is 0 Å². The number of piperidine rings is 1. The fourth-order valence-electron chi connectivity index (χ4n) is 1.75. The smallest absolute Gasteiger partial charge is 0.287 e. The molecule has 1 fully saturated rings. The number of hydrogen-bond acceptors (Lipinski definition) is 3. The van der Waals surface area contributed by atoms with Crippen molar-refractivity contribution in [3.05, 3.63) is 16.1 Å². The summed E-state index contributed by atoms with van der Waals surface area (Å²) >= 11 is 1.36. The number of alkyl halides is 2. The van der Waals surface area contributed by atoms with Gasteiger partial charge in [-0.3, -0.25) is 0 Å². The molecule has 2 rings (SSSR count). The van der Waals surface area contributed by atoms with Crippen LogP contribution >= 0.6 is 11.3 Å². The van der Waals surface area contributed by atoms with Crippen molar-refractivity contribution < 1.29 is 8.78 Å². The van der Waals surface area contributed by atoms with Crippen LogP contribution in [-0.2, 0) is 5.92 Å². The molecule has 0 unspecified atom stereocenters. The van der Waals surface area contributed by atoms with Gasteiger partial charge in [0.2, 0.25) is 0 Å². The average molecular weight is 232 g/mol. The minimum atomic E-state index is -2.80. The normalized spacial score (nSPS) is 19.4. The molecule has 0 aromatic carbocycles. The first-order chi connectivity index (χ1) is 7.07. The van der Waals surface area contributed by atoms with Crippen LogP contribution in [0.15, 0.2) is 5.38 Å². The summed E-state index contributed by atoms with van der Waals surface area (Å²) in [6, 6.07) is 0. The van der Waals surface area contributed by atoms with Crippen molar-refractivity contribution in [3.8, 4) is 0 Å². The Morgan fingerprint density at radius 3 is 2.67 bits per heavy atom. The number of nitrogens with one attached hydrogen (secondary N) is 1. The molecular formula is C10H14F2N2S. The molecule has 0 radical (unpaired) electrons.